The highest BCUT2D eigenvalue weighted by Gasteiger charge is 2.25. The van der Waals surface area contributed by atoms with Crippen LogP contribution in [0.2, 0.25) is 0 Å². The van der Waals surface area contributed by atoms with Crippen LogP contribution >= 0.6 is 0 Å². The molecule has 0 heterocycles. The fourth-order valence-corrected chi connectivity index (χ4v) is 2.54. The molecule has 30 heavy (non-hydrogen) atoms. The van der Waals surface area contributed by atoms with Gasteiger partial charge >= 0.3 is 12.1 Å². The predicted molar refractivity (Wildman–Crippen MR) is 106 cm³/mol. The van der Waals surface area contributed by atoms with Crippen LogP contribution < -0.4 is 10.1 Å². The Morgan fingerprint density at radius 3 is 2.30 bits per heavy atom. The van der Waals surface area contributed by atoms with Crippen molar-refractivity contribution in [3.05, 3.63) is 65.2 Å². The average molecular weight is 421 g/mol. The minimum atomic E-state index is -0.926. The Balaban J connectivity index is 1.98. The van der Waals surface area contributed by atoms with Gasteiger partial charge in [0, 0.05) is 18.1 Å². The molecule has 0 aliphatic heterocycles. The highest BCUT2D eigenvalue weighted by Crippen LogP contribution is 2.17. The minimum absolute atomic E-state index is 0.0591. The number of ether oxygens (including phenoxy) is 3. The molecule has 0 aliphatic rings. The van der Waals surface area contributed by atoms with Crippen LogP contribution in [0.25, 0.3) is 0 Å². The summed E-state index contributed by atoms with van der Waals surface area (Å²) in [7, 11) is 1.23. The van der Waals surface area contributed by atoms with Crippen molar-refractivity contribution in [1.29, 1.82) is 0 Å². The number of rotatable bonds is 7. The van der Waals surface area contributed by atoms with Crippen LogP contribution in [0.3, 0.4) is 0 Å². The van der Waals surface area contributed by atoms with Crippen LogP contribution in [0.4, 0.5) is 13.6 Å². The van der Waals surface area contributed by atoms with Crippen LogP contribution in [0.15, 0.2) is 42.5 Å². The van der Waals surface area contributed by atoms with E-state index >= 15 is 0 Å². The van der Waals surface area contributed by atoms with Crippen LogP contribution in [0.1, 0.15) is 31.9 Å². The maximum atomic E-state index is 13.7. The molecule has 1 unspecified atom stereocenters. The van der Waals surface area contributed by atoms with E-state index in [1.807, 2.05) is 0 Å². The SMILES string of the molecule is COC(=O)C(Cc1ccc(OCc2ccc(F)cc2F)cc1)NC(=O)OC(C)(C)C. The normalized spacial score (nSPS) is 12.1. The molecular formula is C22H25F2NO5. The number of methoxy groups -OCH3 is 1. The van der Waals surface area contributed by atoms with Crippen LogP contribution in [-0.4, -0.2) is 30.8 Å². The average Bonchev–Trinajstić information content (AvgIpc) is 2.66. The lowest BCUT2D eigenvalue weighted by atomic mass is 10.1. The molecule has 162 valence electrons. The summed E-state index contributed by atoms with van der Waals surface area (Å²) in [6, 6.07) is 9.08. The monoisotopic (exact) mass is 421 g/mol. The molecule has 2 rings (SSSR count). The van der Waals surface area contributed by atoms with Crippen LogP contribution in [0, 0.1) is 11.6 Å². The number of carbonyl (C=O) groups excluding carboxylic acids is 2. The van der Waals surface area contributed by atoms with E-state index in [0.29, 0.717) is 5.75 Å². The first-order valence-electron chi connectivity index (χ1n) is 9.30. The van der Waals surface area contributed by atoms with Gasteiger partial charge in [0.15, 0.2) is 0 Å². The van der Waals surface area contributed by atoms with Crippen LogP contribution in [0.5, 0.6) is 5.75 Å². The van der Waals surface area contributed by atoms with Gasteiger partial charge in [0.05, 0.1) is 7.11 Å². The second-order valence-corrected chi connectivity index (χ2v) is 7.59. The summed E-state index contributed by atoms with van der Waals surface area (Å²) in [5, 5.41) is 2.51. The van der Waals surface area contributed by atoms with Gasteiger partial charge in [0.25, 0.3) is 0 Å². The number of alkyl carbamates (subject to hydrolysis) is 1. The van der Waals surface area contributed by atoms with Crippen molar-refractivity contribution >= 4 is 12.1 Å². The lowest BCUT2D eigenvalue weighted by Gasteiger charge is -2.22. The Labute approximate surface area is 174 Å². The quantitative estimate of drug-likeness (QED) is 0.680. The number of hydrogen-bond acceptors (Lipinski definition) is 5. The zero-order chi connectivity index (χ0) is 22.3. The molecule has 0 aromatic heterocycles. The molecular weight excluding hydrogens is 396 g/mol. The molecule has 1 atom stereocenters. The molecule has 8 heteroatoms. The fraction of sp³-hybridized carbons (Fsp3) is 0.364. The molecule has 1 amide bonds. The molecule has 0 spiro atoms. The number of hydrogen-bond donors (Lipinski definition) is 1. The third kappa shape index (κ3) is 7.35. The number of esters is 1. The Morgan fingerprint density at radius 2 is 1.73 bits per heavy atom. The van der Waals surface area contributed by atoms with Gasteiger partial charge in [-0.3, -0.25) is 0 Å². The molecule has 0 fully saturated rings. The van der Waals surface area contributed by atoms with Crippen LogP contribution in [-0.2, 0) is 27.3 Å². The predicted octanol–water partition coefficient (Wildman–Crippen LogP) is 4.15. The number of halogens is 2. The number of amides is 1. The Morgan fingerprint density at radius 1 is 1.07 bits per heavy atom. The fourth-order valence-electron chi connectivity index (χ4n) is 2.54. The first kappa shape index (κ1) is 23.1. The van der Waals surface area contributed by atoms with Gasteiger partial charge < -0.3 is 19.5 Å². The van der Waals surface area contributed by atoms with E-state index in [2.05, 4.69) is 5.32 Å². The van der Waals surface area contributed by atoms with E-state index < -0.39 is 35.3 Å². The van der Waals surface area contributed by atoms with Crippen molar-refractivity contribution < 1.29 is 32.6 Å². The highest BCUT2D eigenvalue weighted by atomic mass is 19.1. The lowest BCUT2D eigenvalue weighted by Crippen LogP contribution is -2.45. The van der Waals surface area contributed by atoms with Gasteiger partial charge in [-0.05, 0) is 50.6 Å². The summed E-state index contributed by atoms with van der Waals surface area (Å²) in [6.45, 7) is 5.10. The van der Waals surface area contributed by atoms with Crippen molar-refractivity contribution in [2.75, 3.05) is 7.11 Å². The van der Waals surface area contributed by atoms with Gasteiger partial charge in [-0.1, -0.05) is 12.1 Å². The zero-order valence-corrected chi connectivity index (χ0v) is 17.3. The summed E-state index contributed by atoms with van der Waals surface area (Å²) in [6.07, 6.45) is -0.544. The summed E-state index contributed by atoms with van der Waals surface area (Å²) >= 11 is 0. The first-order chi connectivity index (χ1) is 14.1. The molecule has 1 N–H and O–H groups in total. The van der Waals surface area contributed by atoms with Gasteiger partial charge in [0.2, 0.25) is 0 Å². The standard InChI is InChI=1S/C22H25F2NO5/c1-22(2,3)30-21(27)25-19(20(26)28-4)11-14-5-9-17(10-6-14)29-13-15-7-8-16(23)12-18(15)24/h5-10,12,19H,11,13H2,1-4H3,(H,25,27). The van der Waals surface area contributed by atoms with E-state index in [1.165, 1.54) is 13.2 Å². The second-order valence-electron chi connectivity index (χ2n) is 7.59. The Kier molecular flexibility index (Phi) is 7.74. The molecule has 0 aliphatic carbocycles. The molecule has 0 bridgehead atoms. The smallest absolute Gasteiger partial charge is 0.408 e. The maximum Gasteiger partial charge on any atom is 0.408 e. The van der Waals surface area contributed by atoms with Crippen molar-refractivity contribution in [2.45, 2.75) is 45.4 Å². The molecule has 0 saturated heterocycles. The minimum Gasteiger partial charge on any atom is -0.489 e. The summed E-state index contributed by atoms with van der Waals surface area (Å²) in [4.78, 5) is 24.0. The third-order valence-electron chi connectivity index (χ3n) is 3.95. The van der Waals surface area contributed by atoms with Crippen molar-refractivity contribution in [3.8, 4) is 5.75 Å². The number of benzene rings is 2. The van der Waals surface area contributed by atoms with E-state index in [0.717, 1.165) is 17.7 Å². The largest absolute Gasteiger partial charge is 0.489 e. The highest BCUT2D eigenvalue weighted by molar-refractivity contribution is 5.81. The van der Waals surface area contributed by atoms with E-state index in [9.17, 15) is 18.4 Å². The van der Waals surface area contributed by atoms with E-state index in [-0.39, 0.29) is 18.6 Å². The van der Waals surface area contributed by atoms with Gasteiger partial charge in [0.1, 0.15) is 35.6 Å². The van der Waals surface area contributed by atoms with E-state index in [4.69, 9.17) is 14.2 Å². The van der Waals surface area contributed by atoms with Crippen molar-refractivity contribution in [3.63, 3.8) is 0 Å². The summed E-state index contributed by atoms with van der Waals surface area (Å²) in [5.41, 5.74) is 0.267. The molecule has 6 nitrogen and oxygen atoms in total. The van der Waals surface area contributed by atoms with Crippen molar-refractivity contribution in [2.24, 2.45) is 0 Å². The topological polar surface area (TPSA) is 73.9 Å². The summed E-state index contributed by atoms with van der Waals surface area (Å²) in [5.74, 6) is -1.47. The van der Waals surface area contributed by atoms with Gasteiger partial charge in [-0.25, -0.2) is 18.4 Å². The maximum absolute atomic E-state index is 13.7. The van der Waals surface area contributed by atoms with Gasteiger partial charge in [-0.15, -0.1) is 0 Å². The van der Waals surface area contributed by atoms with E-state index in [1.54, 1.807) is 45.0 Å². The Bertz CT molecular complexity index is 878. The Hall–Kier alpha value is -3.16. The summed E-state index contributed by atoms with van der Waals surface area (Å²) < 4.78 is 42.1. The molecule has 0 saturated carbocycles. The second kappa shape index (κ2) is 10.0. The molecule has 2 aromatic carbocycles. The van der Waals surface area contributed by atoms with Gasteiger partial charge in [-0.2, -0.15) is 0 Å². The first-order valence-corrected chi connectivity index (χ1v) is 9.30. The lowest BCUT2D eigenvalue weighted by molar-refractivity contribution is -0.143. The number of nitrogens with one attached hydrogen (secondary N) is 1. The van der Waals surface area contributed by atoms with Crippen molar-refractivity contribution in [1.82, 2.24) is 5.32 Å². The number of carbonyl (C=O) groups is 2. The molecule has 2 aromatic rings. The third-order valence-corrected chi connectivity index (χ3v) is 3.95. The zero-order valence-electron chi connectivity index (χ0n) is 17.3. The molecule has 0 radical (unpaired) electrons.